The molecule has 0 bridgehead atoms. The highest BCUT2D eigenvalue weighted by Gasteiger charge is 2.19. The molecule has 0 radical (unpaired) electrons. The number of halogens is 3. The van der Waals surface area contributed by atoms with Crippen molar-refractivity contribution in [3.05, 3.63) is 92.9 Å². The molecule has 0 aliphatic carbocycles. The maximum atomic E-state index is 12.6. The van der Waals surface area contributed by atoms with Gasteiger partial charge in [0, 0.05) is 26.3 Å². The summed E-state index contributed by atoms with van der Waals surface area (Å²) in [6, 6.07) is 17.6. The standard InChI is InChI=1S/C22H13Cl3N2O4S/c23-16-1-6-19(7-2-16)27-22(28)15(13-26)11-14-12-18(25)5-10-21(14)31-32(29,30)20-8-3-17(24)4-9-20/h1-12H,(H,27,28)/b15-11+. The van der Waals surface area contributed by atoms with E-state index in [-0.39, 0.29) is 26.8 Å². The Bertz CT molecular complexity index is 1330. The van der Waals surface area contributed by atoms with E-state index < -0.39 is 16.0 Å². The van der Waals surface area contributed by atoms with Crippen LogP contribution in [0.1, 0.15) is 5.56 Å². The lowest BCUT2D eigenvalue weighted by atomic mass is 10.1. The topological polar surface area (TPSA) is 96.3 Å². The molecule has 0 aromatic heterocycles. The molecule has 0 aliphatic rings. The van der Waals surface area contributed by atoms with Gasteiger partial charge in [-0.1, -0.05) is 34.8 Å². The molecule has 1 amide bonds. The third-order valence-corrected chi connectivity index (χ3v) is 6.03. The minimum Gasteiger partial charge on any atom is -0.378 e. The Labute approximate surface area is 199 Å². The fraction of sp³-hybridized carbons (Fsp3) is 0. The van der Waals surface area contributed by atoms with Gasteiger partial charge in [0.05, 0.1) is 0 Å². The van der Waals surface area contributed by atoms with Crippen LogP contribution in [0, 0.1) is 11.3 Å². The highest BCUT2D eigenvalue weighted by molar-refractivity contribution is 7.87. The molecule has 0 fully saturated rings. The van der Waals surface area contributed by atoms with Gasteiger partial charge in [-0.3, -0.25) is 4.79 Å². The third-order valence-electron chi connectivity index (χ3n) is 4.04. The first-order valence-electron chi connectivity index (χ1n) is 8.86. The third kappa shape index (κ3) is 6.02. The van der Waals surface area contributed by atoms with Gasteiger partial charge in [0.25, 0.3) is 5.91 Å². The van der Waals surface area contributed by atoms with Gasteiger partial charge in [-0.05, 0) is 72.8 Å². The molecule has 1 N–H and O–H groups in total. The average Bonchev–Trinajstić information content (AvgIpc) is 2.75. The molecule has 0 aliphatic heterocycles. The van der Waals surface area contributed by atoms with E-state index in [0.29, 0.717) is 15.7 Å². The highest BCUT2D eigenvalue weighted by atomic mass is 35.5. The zero-order chi connectivity index (χ0) is 23.3. The van der Waals surface area contributed by atoms with Crippen LogP contribution in [0.4, 0.5) is 5.69 Å². The molecular formula is C22H13Cl3N2O4S. The van der Waals surface area contributed by atoms with E-state index in [9.17, 15) is 18.5 Å². The molecule has 0 atom stereocenters. The Morgan fingerprint density at radius 1 is 0.906 bits per heavy atom. The van der Waals surface area contributed by atoms with Crippen LogP contribution in [0.2, 0.25) is 15.1 Å². The SMILES string of the molecule is N#C/C(=C\c1cc(Cl)ccc1OS(=O)(=O)c1ccc(Cl)cc1)C(=O)Nc1ccc(Cl)cc1. The zero-order valence-corrected chi connectivity index (χ0v) is 19.1. The number of benzene rings is 3. The molecule has 3 aromatic rings. The second-order valence-corrected chi connectivity index (χ2v) is 9.16. The molecule has 0 saturated heterocycles. The molecule has 6 nitrogen and oxygen atoms in total. The predicted octanol–water partition coefficient (Wildman–Crippen LogP) is 5.96. The van der Waals surface area contributed by atoms with Gasteiger partial charge in [0.15, 0.2) is 0 Å². The molecule has 3 aromatic carbocycles. The van der Waals surface area contributed by atoms with E-state index in [4.69, 9.17) is 39.0 Å². The van der Waals surface area contributed by atoms with E-state index in [1.807, 2.05) is 0 Å². The largest absolute Gasteiger partial charge is 0.378 e. The Morgan fingerprint density at radius 2 is 1.47 bits per heavy atom. The lowest BCUT2D eigenvalue weighted by molar-refractivity contribution is -0.112. The number of nitrogens with zero attached hydrogens (tertiary/aromatic N) is 1. The smallest absolute Gasteiger partial charge is 0.339 e. The number of hydrogen-bond donors (Lipinski definition) is 1. The molecular weight excluding hydrogens is 495 g/mol. The van der Waals surface area contributed by atoms with Crippen LogP contribution in [-0.2, 0) is 14.9 Å². The highest BCUT2D eigenvalue weighted by Crippen LogP contribution is 2.29. The lowest BCUT2D eigenvalue weighted by Gasteiger charge is -2.11. The van der Waals surface area contributed by atoms with Crippen LogP contribution in [0.3, 0.4) is 0 Å². The Kier molecular flexibility index (Phi) is 7.44. The Morgan fingerprint density at radius 3 is 2.06 bits per heavy atom. The summed E-state index contributed by atoms with van der Waals surface area (Å²) in [5.74, 6) is -0.822. The summed E-state index contributed by atoms with van der Waals surface area (Å²) in [5, 5.41) is 13.1. The minimum atomic E-state index is -4.21. The van der Waals surface area contributed by atoms with Crippen LogP contribution < -0.4 is 9.50 Å². The van der Waals surface area contributed by atoms with Crippen molar-refractivity contribution >= 4 is 62.6 Å². The van der Waals surface area contributed by atoms with Crippen molar-refractivity contribution in [2.24, 2.45) is 0 Å². The fourth-order valence-electron chi connectivity index (χ4n) is 2.51. The van der Waals surface area contributed by atoms with E-state index >= 15 is 0 Å². The monoisotopic (exact) mass is 506 g/mol. The maximum absolute atomic E-state index is 12.6. The summed E-state index contributed by atoms with van der Waals surface area (Å²) in [6.45, 7) is 0. The van der Waals surface area contributed by atoms with E-state index in [0.717, 1.165) is 0 Å². The number of anilines is 1. The Balaban J connectivity index is 1.93. The number of carbonyl (C=O) groups excluding carboxylic acids is 1. The zero-order valence-electron chi connectivity index (χ0n) is 16.1. The van der Waals surface area contributed by atoms with Gasteiger partial charge in [-0.2, -0.15) is 13.7 Å². The lowest BCUT2D eigenvalue weighted by Crippen LogP contribution is -2.14. The van der Waals surface area contributed by atoms with Crippen LogP contribution in [0.5, 0.6) is 5.75 Å². The van der Waals surface area contributed by atoms with Gasteiger partial charge in [-0.15, -0.1) is 0 Å². The number of nitriles is 1. The summed E-state index contributed by atoms with van der Waals surface area (Å²) in [4.78, 5) is 12.4. The first kappa shape index (κ1) is 23.6. The quantitative estimate of drug-likeness (QED) is 0.252. The summed E-state index contributed by atoms with van der Waals surface area (Å²) in [5.41, 5.74) is 0.252. The molecule has 0 saturated carbocycles. The molecule has 0 heterocycles. The minimum absolute atomic E-state index is 0.114. The first-order valence-corrected chi connectivity index (χ1v) is 11.4. The van der Waals surface area contributed by atoms with Crippen LogP contribution in [0.15, 0.2) is 77.2 Å². The summed E-state index contributed by atoms with van der Waals surface area (Å²) in [7, 11) is -4.21. The van der Waals surface area contributed by atoms with Gasteiger partial charge in [-0.25, -0.2) is 0 Å². The van der Waals surface area contributed by atoms with Crippen molar-refractivity contribution in [2.45, 2.75) is 4.90 Å². The molecule has 32 heavy (non-hydrogen) atoms. The van der Waals surface area contributed by atoms with Crippen molar-refractivity contribution in [3.8, 4) is 11.8 Å². The van der Waals surface area contributed by atoms with Gasteiger partial charge in [0.1, 0.15) is 22.3 Å². The van der Waals surface area contributed by atoms with Gasteiger partial charge >= 0.3 is 10.1 Å². The average molecular weight is 508 g/mol. The predicted molar refractivity (Wildman–Crippen MR) is 124 cm³/mol. The van der Waals surface area contributed by atoms with E-state index in [1.54, 1.807) is 30.3 Å². The number of carbonyl (C=O) groups is 1. The molecule has 162 valence electrons. The second-order valence-electron chi connectivity index (χ2n) is 6.30. The van der Waals surface area contributed by atoms with E-state index in [1.165, 1.54) is 48.5 Å². The Hall–Kier alpha value is -3.02. The van der Waals surface area contributed by atoms with Crippen molar-refractivity contribution in [1.29, 1.82) is 5.26 Å². The molecule has 0 spiro atoms. The van der Waals surface area contributed by atoms with Gasteiger partial charge < -0.3 is 9.50 Å². The number of nitrogens with one attached hydrogen (secondary N) is 1. The van der Waals surface area contributed by atoms with Crippen molar-refractivity contribution in [3.63, 3.8) is 0 Å². The normalized spacial score (nSPS) is 11.5. The number of hydrogen-bond acceptors (Lipinski definition) is 5. The fourth-order valence-corrected chi connectivity index (χ4v) is 3.90. The number of rotatable bonds is 6. The second kappa shape index (κ2) is 10.1. The van der Waals surface area contributed by atoms with Gasteiger partial charge in [0.2, 0.25) is 0 Å². The van der Waals surface area contributed by atoms with Crippen molar-refractivity contribution < 1.29 is 17.4 Å². The summed E-state index contributed by atoms with van der Waals surface area (Å²) in [6.07, 6.45) is 1.18. The van der Waals surface area contributed by atoms with Crippen LogP contribution in [0.25, 0.3) is 6.08 Å². The number of amides is 1. The van der Waals surface area contributed by atoms with Crippen LogP contribution >= 0.6 is 34.8 Å². The molecule has 0 unspecified atom stereocenters. The van der Waals surface area contributed by atoms with E-state index in [2.05, 4.69) is 5.32 Å². The first-order chi connectivity index (χ1) is 15.2. The van der Waals surface area contributed by atoms with Crippen molar-refractivity contribution in [2.75, 3.05) is 5.32 Å². The van der Waals surface area contributed by atoms with Crippen LogP contribution in [-0.4, -0.2) is 14.3 Å². The summed E-state index contributed by atoms with van der Waals surface area (Å²) >= 11 is 17.7. The summed E-state index contributed by atoms with van der Waals surface area (Å²) < 4.78 is 30.5. The van der Waals surface area contributed by atoms with Crippen molar-refractivity contribution in [1.82, 2.24) is 0 Å². The molecule has 10 heteroatoms. The maximum Gasteiger partial charge on any atom is 0.339 e. The molecule has 3 rings (SSSR count).